The number of thioether (sulfide) groups is 1. The zero-order valence-electron chi connectivity index (χ0n) is 10.7. The molecule has 0 fully saturated rings. The molecule has 7 heteroatoms. The highest BCUT2D eigenvalue weighted by molar-refractivity contribution is 7.98. The van der Waals surface area contributed by atoms with Crippen molar-refractivity contribution < 1.29 is 13.2 Å². The number of aromatic amines is 1. The van der Waals surface area contributed by atoms with Crippen molar-refractivity contribution in [3.05, 3.63) is 53.9 Å². The lowest BCUT2D eigenvalue weighted by Gasteiger charge is -2.07. The number of hydrogen-bond acceptors (Lipinski definition) is 3. The summed E-state index contributed by atoms with van der Waals surface area (Å²) in [6.07, 6.45) is -0.962. The van der Waals surface area contributed by atoms with E-state index in [1.54, 1.807) is 12.4 Å². The molecule has 0 radical (unpaired) electrons. The van der Waals surface area contributed by atoms with E-state index >= 15 is 0 Å². The molecule has 1 aromatic carbocycles. The van der Waals surface area contributed by atoms with Gasteiger partial charge in [0.2, 0.25) is 0 Å². The zero-order chi connectivity index (χ0) is 14.9. The zero-order valence-corrected chi connectivity index (χ0v) is 11.5. The molecule has 0 atom stereocenters. The van der Waals surface area contributed by atoms with E-state index in [-0.39, 0.29) is 0 Å². The number of rotatable bonds is 3. The molecule has 0 saturated heterocycles. The van der Waals surface area contributed by atoms with Crippen molar-refractivity contribution in [3.8, 4) is 0 Å². The van der Waals surface area contributed by atoms with Crippen molar-refractivity contribution >= 4 is 22.8 Å². The molecule has 3 nitrogen and oxygen atoms in total. The van der Waals surface area contributed by atoms with Crippen LogP contribution in [0.2, 0.25) is 0 Å². The normalized spacial score (nSPS) is 12.0. The van der Waals surface area contributed by atoms with Crippen LogP contribution < -0.4 is 0 Å². The van der Waals surface area contributed by atoms with Crippen LogP contribution in [0.25, 0.3) is 11.0 Å². The lowest BCUT2D eigenvalue weighted by atomic mass is 10.1. The molecule has 21 heavy (non-hydrogen) atoms. The standard InChI is InChI=1S/C14H10F3N3S/c15-14(16,17)10-3-1-9(2-4-10)8-21-13-19-11-5-6-18-7-12(11)20-13/h1-7H,8H2,(H,19,20). The molecule has 0 unspecified atom stereocenters. The van der Waals surface area contributed by atoms with E-state index in [4.69, 9.17) is 0 Å². The molecule has 0 bridgehead atoms. The highest BCUT2D eigenvalue weighted by Crippen LogP contribution is 2.30. The molecule has 0 spiro atoms. The summed E-state index contributed by atoms with van der Waals surface area (Å²) in [5, 5.41) is 0.720. The first-order chi connectivity index (χ1) is 10.0. The van der Waals surface area contributed by atoms with Crippen molar-refractivity contribution in [2.75, 3.05) is 0 Å². The lowest BCUT2D eigenvalue weighted by Crippen LogP contribution is -2.04. The Bertz CT molecular complexity index is 717. The Balaban J connectivity index is 1.69. The summed E-state index contributed by atoms with van der Waals surface area (Å²) < 4.78 is 37.4. The van der Waals surface area contributed by atoms with Gasteiger partial charge in [-0.05, 0) is 23.8 Å². The Morgan fingerprint density at radius 2 is 1.86 bits per heavy atom. The highest BCUT2D eigenvalue weighted by Gasteiger charge is 2.29. The molecule has 0 saturated carbocycles. The highest BCUT2D eigenvalue weighted by atomic mass is 32.2. The molecule has 2 heterocycles. The average Bonchev–Trinajstić information content (AvgIpc) is 2.87. The number of pyridine rings is 1. The molecule has 3 rings (SSSR count). The van der Waals surface area contributed by atoms with Gasteiger partial charge in [0.1, 0.15) is 5.52 Å². The van der Waals surface area contributed by atoms with Crippen LogP contribution in [-0.2, 0) is 11.9 Å². The van der Waals surface area contributed by atoms with Gasteiger partial charge in [0.25, 0.3) is 0 Å². The summed E-state index contributed by atoms with van der Waals surface area (Å²) in [5.41, 5.74) is 1.84. The van der Waals surface area contributed by atoms with E-state index in [0.717, 1.165) is 33.9 Å². The van der Waals surface area contributed by atoms with E-state index in [1.165, 1.54) is 23.9 Å². The minimum atomic E-state index is -4.29. The maximum absolute atomic E-state index is 12.5. The van der Waals surface area contributed by atoms with Crippen molar-refractivity contribution in [3.63, 3.8) is 0 Å². The summed E-state index contributed by atoms with van der Waals surface area (Å²) in [7, 11) is 0. The largest absolute Gasteiger partial charge is 0.416 e. The number of H-pyrrole nitrogens is 1. The number of nitrogens with one attached hydrogen (secondary N) is 1. The van der Waals surface area contributed by atoms with Crippen LogP contribution in [0, 0.1) is 0 Å². The molecular formula is C14H10F3N3S. The van der Waals surface area contributed by atoms with Gasteiger partial charge in [-0.25, -0.2) is 4.98 Å². The van der Waals surface area contributed by atoms with Gasteiger partial charge in [-0.1, -0.05) is 23.9 Å². The Morgan fingerprint density at radius 3 is 2.52 bits per heavy atom. The number of benzene rings is 1. The van der Waals surface area contributed by atoms with E-state index in [2.05, 4.69) is 15.0 Å². The van der Waals surface area contributed by atoms with Crippen LogP contribution in [0.5, 0.6) is 0 Å². The fourth-order valence-corrected chi connectivity index (χ4v) is 2.68. The van der Waals surface area contributed by atoms with E-state index in [1.807, 2.05) is 6.07 Å². The van der Waals surface area contributed by atoms with Crippen molar-refractivity contribution in [1.82, 2.24) is 15.0 Å². The number of alkyl halides is 3. The Labute approximate surface area is 122 Å². The molecule has 2 aromatic heterocycles. The summed E-state index contributed by atoms with van der Waals surface area (Å²) >= 11 is 1.44. The second-order valence-corrected chi connectivity index (χ2v) is 5.38. The van der Waals surface area contributed by atoms with Crippen molar-refractivity contribution in [1.29, 1.82) is 0 Å². The number of fused-ring (bicyclic) bond motifs is 1. The van der Waals surface area contributed by atoms with E-state index in [0.29, 0.717) is 5.75 Å². The molecule has 1 N–H and O–H groups in total. The van der Waals surface area contributed by atoms with Crippen LogP contribution in [0.4, 0.5) is 13.2 Å². The van der Waals surface area contributed by atoms with Crippen LogP contribution in [-0.4, -0.2) is 15.0 Å². The molecule has 0 aliphatic rings. The quantitative estimate of drug-likeness (QED) is 0.735. The van der Waals surface area contributed by atoms with Crippen LogP contribution >= 0.6 is 11.8 Å². The van der Waals surface area contributed by atoms with Gasteiger partial charge < -0.3 is 4.98 Å². The maximum Gasteiger partial charge on any atom is 0.416 e. The van der Waals surface area contributed by atoms with Gasteiger partial charge in [-0.2, -0.15) is 13.2 Å². The molecular weight excluding hydrogens is 299 g/mol. The van der Waals surface area contributed by atoms with E-state index in [9.17, 15) is 13.2 Å². The molecule has 0 aliphatic heterocycles. The third-order valence-corrected chi connectivity index (χ3v) is 3.86. The number of imidazole rings is 1. The fraction of sp³-hybridized carbons (Fsp3) is 0.143. The number of hydrogen-bond donors (Lipinski definition) is 1. The Hall–Kier alpha value is -2.02. The average molecular weight is 309 g/mol. The van der Waals surface area contributed by atoms with Gasteiger partial charge >= 0.3 is 6.18 Å². The second kappa shape index (κ2) is 5.40. The summed E-state index contributed by atoms with van der Waals surface area (Å²) in [4.78, 5) is 11.5. The van der Waals surface area contributed by atoms with Gasteiger partial charge in [-0.15, -0.1) is 0 Å². The van der Waals surface area contributed by atoms with Crippen LogP contribution in [0.3, 0.4) is 0 Å². The predicted octanol–water partition coefficient (Wildman–Crippen LogP) is 4.27. The van der Waals surface area contributed by atoms with Gasteiger partial charge in [0.05, 0.1) is 17.3 Å². The monoisotopic (exact) mass is 309 g/mol. The SMILES string of the molecule is FC(F)(F)c1ccc(CSc2nc3cnccc3[nH]2)cc1. The first-order valence-corrected chi connectivity index (χ1v) is 7.09. The lowest BCUT2D eigenvalue weighted by molar-refractivity contribution is -0.137. The third kappa shape index (κ3) is 3.18. The molecule has 0 amide bonds. The first kappa shape index (κ1) is 13.9. The second-order valence-electron chi connectivity index (χ2n) is 4.42. The maximum atomic E-state index is 12.5. The Morgan fingerprint density at radius 1 is 1.10 bits per heavy atom. The number of nitrogens with zero attached hydrogens (tertiary/aromatic N) is 2. The molecule has 3 aromatic rings. The van der Waals surface area contributed by atoms with Gasteiger partial charge in [-0.3, -0.25) is 4.98 Å². The minimum Gasteiger partial charge on any atom is -0.333 e. The minimum absolute atomic E-state index is 0.547. The fourth-order valence-electron chi connectivity index (χ4n) is 1.84. The van der Waals surface area contributed by atoms with Crippen molar-refractivity contribution in [2.45, 2.75) is 17.1 Å². The smallest absolute Gasteiger partial charge is 0.333 e. The summed E-state index contributed by atoms with van der Waals surface area (Å²) in [6, 6.07) is 6.99. The number of halogens is 3. The third-order valence-electron chi connectivity index (χ3n) is 2.92. The van der Waals surface area contributed by atoms with Gasteiger partial charge in [0.15, 0.2) is 5.16 Å². The molecule has 108 valence electrons. The summed E-state index contributed by atoms with van der Waals surface area (Å²) in [5.74, 6) is 0.547. The van der Waals surface area contributed by atoms with Crippen LogP contribution in [0.15, 0.2) is 47.9 Å². The first-order valence-electron chi connectivity index (χ1n) is 6.11. The predicted molar refractivity (Wildman–Crippen MR) is 74.9 cm³/mol. The molecule has 0 aliphatic carbocycles. The summed E-state index contributed by atoms with van der Waals surface area (Å²) in [6.45, 7) is 0. The number of aromatic nitrogens is 3. The Kier molecular flexibility index (Phi) is 3.59. The van der Waals surface area contributed by atoms with Gasteiger partial charge in [0, 0.05) is 11.9 Å². The van der Waals surface area contributed by atoms with Crippen LogP contribution in [0.1, 0.15) is 11.1 Å². The topological polar surface area (TPSA) is 41.6 Å². The van der Waals surface area contributed by atoms with Crippen molar-refractivity contribution in [2.24, 2.45) is 0 Å². The van der Waals surface area contributed by atoms with E-state index < -0.39 is 11.7 Å².